The molecule has 1 aromatic carbocycles. The predicted octanol–water partition coefficient (Wildman–Crippen LogP) is 6.52. The van der Waals surface area contributed by atoms with Crippen molar-refractivity contribution >= 4 is 70.0 Å². The quantitative estimate of drug-likeness (QED) is 0.0888. The van der Waals surface area contributed by atoms with Gasteiger partial charge in [-0.05, 0) is 94.7 Å². The normalized spacial score (nSPS) is 39.7. The van der Waals surface area contributed by atoms with Crippen LogP contribution in [0.25, 0.3) is 0 Å². The number of methoxy groups -OCH3 is 3. The number of ether oxygens (including phenoxy) is 12. The van der Waals surface area contributed by atoms with Crippen molar-refractivity contribution in [2.45, 2.75) is 183 Å². The highest BCUT2D eigenvalue weighted by Crippen LogP contribution is 2.51. The number of carbonyl (C=O) groups excluding carboxylic acids is 6. The van der Waals surface area contributed by atoms with Gasteiger partial charge in [-0.3, -0.25) is 24.0 Å². The van der Waals surface area contributed by atoms with Crippen molar-refractivity contribution in [3.05, 3.63) is 29.8 Å². The molecule has 5 fully saturated rings. The van der Waals surface area contributed by atoms with Crippen LogP contribution in [0, 0.1) is 29.6 Å². The second-order valence-electron chi connectivity index (χ2n) is 21.8. The van der Waals surface area contributed by atoms with E-state index >= 15 is 9.59 Å². The zero-order valence-electron chi connectivity index (χ0n) is 46.7. The minimum Gasteiger partial charge on any atom is -0.497 e. The molecule has 0 aromatic heterocycles. The molecule has 0 aliphatic carbocycles. The lowest BCUT2D eigenvalue weighted by Gasteiger charge is -2.50. The third-order valence-electron chi connectivity index (χ3n) is 16.2. The summed E-state index contributed by atoms with van der Waals surface area (Å²) in [5.74, 6) is -5.83. The van der Waals surface area contributed by atoms with Gasteiger partial charge in [0.25, 0.3) is 0 Å². The van der Waals surface area contributed by atoms with Crippen LogP contribution in [0.3, 0.4) is 0 Å². The van der Waals surface area contributed by atoms with Gasteiger partial charge in [0, 0.05) is 84.0 Å². The first-order valence-electron chi connectivity index (χ1n) is 26.2. The maximum Gasteiger partial charge on any atom is 0.320 e. The Morgan fingerprint density at radius 2 is 1.42 bits per heavy atom. The molecule has 1 unspecified atom stereocenters. The Kier molecular flexibility index (Phi) is 21.0. The molecule has 0 bridgehead atoms. The number of rotatable bonds is 13. The van der Waals surface area contributed by atoms with Crippen molar-refractivity contribution in [2.75, 3.05) is 54.7 Å². The van der Waals surface area contributed by atoms with Crippen molar-refractivity contribution in [1.29, 1.82) is 0 Å². The minimum absolute atomic E-state index is 0.0465. The number of hydrogen-bond acceptors (Lipinski definition) is 19. The summed E-state index contributed by atoms with van der Waals surface area (Å²) >= 11 is 3.34. The van der Waals surface area contributed by atoms with E-state index in [1.54, 1.807) is 65.5 Å². The number of carbonyl (C=O) groups is 6. The van der Waals surface area contributed by atoms with Crippen LogP contribution in [0.2, 0.25) is 0 Å². The number of hydrogen-bond donors (Lipinski definition) is 0. The van der Waals surface area contributed by atoms with Crippen LogP contribution in [-0.2, 0) is 81.8 Å². The van der Waals surface area contributed by atoms with Gasteiger partial charge in [-0.15, -0.1) is 11.8 Å². The van der Waals surface area contributed by atoms with Gasteiger partial charge in [-0.1, -0.05) is 32.9 Å². The maximum atomic E-state index is 15.3. The number of Topliss-reactive ketones (excluding diaryl/α,β-unsaturated/α-hetero) is 1. The van der Waals surface area contributed by atoms with Gasteiger partial charge in [0.1, 0.15) is 22.4 Å². The molecule has 5 saturated heterocycles. The number of thioether (sulfide) groups is 1. The Morgan fingerprint density at radius 1 is 0.803 bits per heavy atom. The highest BCUT2D eigenvalue weighted by atomic mass is 127. The van der Waals surface area contributed by atoms with Gasteiger partial charge in [0.15, 0.2) is 34.5 Å². The smallest absolute Gasteiger partial charge is 0.320 e. The van der Waals surface area contributed by atoms with Crippen molar-refractivity contribution < 1.29 is 85.6 Å². The van der Waals surface area contributed by atoms with Crippen molar-refractivity contribution in [1.82, 2.24) is 9.80 Å². The third-order valence-corrected chi connectivity index (χ3v) is 19.0. The van der Waals surface area contributed by atoms with Crippen LogP contribution >= 0.6 is 34.4 Å². The first-order chi connectivity index (χ1) is 35.7. The molecule has 0 spiro atoms. The van der Waals surface area contributed by atoms with Gasteiger partial charge in [0.2, 0.25) is 0 Å². The van der Waals surface area contributed by atoms with E-state index in [0.717, 1.165) is 5.56 Å². The number of benzene rings is 1. The fourth-order valence-corrected chi connectivity index (χ4v) is 14.1. The number of esters is 4. The molecule has 19 atom stereocenters. The van der Waals surface area contributed by atoms with Gasteiger partial charge in [0.05, 0.1) is 62.3 Å². The summed E-state index contributed by atoms with van der Waals surface area (Å²) in [7, 11) is 6.25. The van der Waals surface area contributed by atoms with E-state index in [-0.39, 0.29) is 31.1 Å². The number of fused-ring (bicyclic) bond motifs is 1. The second-order valence-corrected chi connectivity index (χ2v) is 24.0. The molecule has 5 aliphatic rings. The average Bonchev–Trinajstić information content (AvgIpc) is 3.65. The van der Waals surface area contributed by atoms with Crippen LogP contribution in [0.15, 0.2) is 24.3 Å². The molecule has 5 aliphatic heterocycles. The molecular weight excluding hydrogens is 1120 g/mol. The lowest BCUT2D eigenvalue weighted by atomic mass is 9.72. The molecule has 0 radical (unpaired) electrons. The van der Waals surface area contributed by atoms with Crippen molar-refractivity contribution in [3.63, 3.8) is 0 Å². The van der Waals surface area contributed by atoms with Crippen LogP contribution in [0.1, 0.15) is 101 Å². The van der Waals surface area contributed by atoms with Crippen molar-refractivity contribution in [2.24, 2.45) is 29.6 Å². The molecular formula is C54H81IN2O18S. The first-order valence-corrected chi connectivity index (χ1v) is 28.5. The largest absolute Gasteiger partial charge is 0.497 e. The minimum atomic E-state index is -1.47. The predicted molar refractivity (Wildman–Crippen MR) is 285 cm³/mol. The monoisotopic (exact) mass is 1200 g/mol. The molecule has 76 heavy (non-hydrogen) atoms. The van der Waals surface area contributed by atoms with Gasteiger partial charge < -0.3 is 66.6 Å². The van der Waals surface area contributed by atoms with E-state index in [1.165, 1.54) is 39.8 Å². The molecule has 428 valence electrons. The summed E-state index contributed by atoms with van der Waals surface area (Å²) in [6.45, 7) is 20.0. The zero-order valence-corrected chi connectivity index (χ0v) is 49.7. The molecule has 6 rings (SSSR count). The molecule has 1 aromatic rings. The number of urea groups is 1. The third kappa shape index (κ3) is 13.6. The second kappa shape index (κ2) is 25.8. The van der Waals surface area contributed by atoms with Crippen LogP contribution < -0.4 is 4.74 Å². The SMILES string of the molecule is COc1ccc(CSC2C(=O)O[C@@]3(C)[C@H]2[C@@H](C)C(=O)[C@H](C)C[C@@](C)(OC)[C@H](O[C@@H]2O[C@H](C)C[C@H](N(C)C(=O)N4CCOCC4)[C@H]2OC(C)=O)[C@@H](C)[C@H](O[C@H]2C[C@@](C)(OC)[C@@H](OC(C)=O)[C@H](C)O2)[C@@H](C)C(=O)O[C@@H]3I)cc1. The first kappa shape index (κ1) is 61.8. The van der Waals surface area contributed by atoms with E-state index in [2.05, 4.69) is 0 Å². The summed E-state index contributed by atoms with van der Waals surface area (Å²) < 4.78 is 74.2. The lowest BCUT2D eigenvalue weighted by molar-refractivity contribution is -0.320. The zero-order chi connectivity index (χ0) is 56.2. The Hall–Kier alpha value is -3.36. The highest BCUT2D eigenvalue weighted by molar-refractivity contribution is 14.1. The average molecular weight is 1210 g/mol. The summed E-state index contributed by atoms with van der Waals surface area (Å²) in [6.07, 6.45) is -7.56. The van der Waals surface area contributed by atoms with Crippen LogP contribution in [0.5, 0.6) is 5.75 Å². The molecule has 2 amide bonds. The summed E-state index contributed by atoms with van der Waals surface area (Å²) in [5.41, 5.74) is -3.07. The lowest BCUT2D eigenvalue weighted by Crippen LogP contribution is -2.63. The van der Waals surface area contributed by atoms with Gasteiger partial charge in [-0.25, -0.2) is 4.79 Å². The Balaban J connectivity index is 1.46. The number of nitrogens with zero attached hydrogens (tertiary/aromatic N) is 2. The molecule has 22 heteroatoms. The Bertz CT molecular complexity index is 2210. The Morgan fingerprint density at radius 3 is 2.01 bits per heavy atom. The summed E-state index contributed by atoms with van der Waals surface area (Å²) in [4.78, 5) is 87.3. The molecule has 0 N–H and O–H groups in total. The number of amides is 2. The highest BCUT2D eigenvalue weighted by Gasteiger charge is 2.62. The van der Waals surface area contributed by atoms with Crippen molar-refractivity contribution in [3.8, 4) is 5.75 Å². The van der Waals surface area contributed by atoms with E-state index in [4.69, 9.17) is 56.8 Å². The standard InChI is InChI=1S/C54H81IN2O18S/c1-28-25-52(9,65-14)45(73-49-43(70-34(7)58)38(24-29(2)68-49)56(12)51(63)57-20-22-67-23-21-57)31(4)42(72-39-26-53(10,66-15)46(33(6)69-39)71-35(8)59)32(5)47(61)74-50(55)54(11)40(30(3)41(28)60)44(48(62)75-54)76-27-36-16-18-37(64-13)19-17-36/h16-19,28-33,38-40,42-46,49-50H,20-27H2,1-15H3/t28-,29-,30-,31+,32-,33+,38+,39+,40+,42+,43-,44?,45-,46+,49+,50+,52-,53-,54+/m1/s1. The van der Waals surface area contributed by atoms with E-state index in [0.29, 0.717) is 37.8 Å². The van der Waals surface area contributed by atoms with Gasteiger partial charge in [-0.2, -0.15) is 0 Å². The van der Waals surface area contributed by atoms with Crippen LogP contribution in [-0.4, -0.2) is 182 Å². The summed E-state index contributed by atoms with van der Waals surface area (Å²) in [5, 5.41) is -0.832. The van der Waals surface area contributed by atoms with E-state index < -0.39 is 135 Å². The number of ketones is 1. The number of halogens is 1. The molecule has 0 saturated carbocycles. The van der Waals surface area contributed by atoms with E-state index in [9.17, 15) is 19.2 Å². The maximum absolute atomic E-state index is 15.3. The molecule has 5 heterocycles. The number of alkyl halides is 1. The topological polar surface area (TPSA) is 220 Å². The number of cyclic esters (lactones) is 1. The van der Waals surface area contributed by atoms with Gasteiger partial charge >= 0.3 is 29.9 Å². The fourth-order valence-electron chi connectivity index (χ4n) is 11.9. The van der Waals surface area contributed by atoms with E-state index in [1.807, 2.05) is 67.6 Å². The fraction of sp³-hybridized carbons (Fsp3) is 0.778. The number of likely N-dealkylation sites (N-methyl/N-ethyl adjacent to an activating group) is 1. The summed E-state index contributed by atoms with van der Waals surface area (Å²) in [6, 6.07) is 6.48. The Labute approximate surface area is 465 Å². The van der Waals surface area contributed by atoms with Crippen LogP contribution in [0.4, 0.5) is 4.79 Å². The molecule has 20 nitrogen and oxygen atoms in total. The number of morpholine rings is 1.